The summed E-state index contributed by atoms with van der Waals surface area (Å²) in [6.07, 6.45) is 0.701. The van der Waals surface area contributed by atoms with Crippen molar-refractivity contribution in [3.05, 3.63) is 35.9 Å². The molecular formula is C8H9NO3S. The lowest BCUT2D eigenvalue weighted by Gasteiger charge is -1.93. The molecule has 0 spiro atoms. The van der Waals surface area contributed by atoms with E-state index in [2.05, 4.69) is 0 Å². The molecule has 1 saturated heterocycles. The Morgan fingerprint density at radius 1 is 1.31 bits per heavy atom. The molecule has 1 aromatic rings. The Hall–Kier alpha value is -0.910. The zero-order chi connectivity index (χ0) is 9.47. The lowest BCUT2D eigenvalue weighted by Crippen LogP contribution is -2.08. The molecule has 0 N–H and O–H groups in total. The van der Waals surface area contributed by atoms with Crippen LogP contribution in [-0.2, 0) is 14.9 Å². The third-order valence-electron chi connectivity index (χ3n) is 1.76. The van der Waals surface area contributed by atoms with Crippen molar-refractivity contribution < 1.29 is 13.3 Å². The molecule has 2 rings (SSSR count). The Bertz CT molecular complexity index is 401. The van der Waals surface area contributed by atoms with Crippen LogP contribution in [-0.4, -0.2) is 19.1 Å². The van der Waals surface area contributed by atoms with Crippen molar-refractivity contribution in [2.75, 3.05) is 6.26 Å². The molecule has 2 atom stereocenters. The van der Waals surface area contributed by atoms with Gasteiger partial charge in [-0.05, 0) is 4.47 Å². The molecule has 0 radical (unpaired) electrons. The van der Waals surface area contributed by atoms with Crippen molar-refractivity contribution >= 4 is 10.0 Å². The average Bonchev–Trinajstić information content (AvgIpc) is 2.83. The second-order valence-corrected chi connectivity index (χ2v) is 4.71. The first kappa shape index (κ1) is 8.68. The van der Waals surface area contributed by atoms with E-state index in [-0.39, 0.29) is 0 Å². The van der Waals surface area contributed by atoms with Gasteiger partial charge in [0.05, 0.1) is 6.26 Å². The van der Waals surface area contributed by atoms with Gasteiger partial charge >= 0.3 is 0 Å². The summed E-state index contributed by atoms with van der Waals surface area (Å²) >= 11 is 0. The molecule has 2 unspecified atom stereocenters. The minimum Gasteiger partial charge on any atom is -0.254 e. The number of benzene rings is 1. The van der Waals surface area contributed by atoms with Crippen molar-refractivity contribution in [2.45, 2.75) is 6.23 Å². The smallest absolute Gasteiger partial charge is 0.236 e. The quantitative estimate of drug-likeness (QED) is 0.665. The molecule has 0 saturated carbocycles. The average molecular weight is 199 g/mol. The fraction of sp³-hybridized carbons (Fsp3) is 0.250. The highest BCUT2D eigenvalue weighted by atomic mass is 32.2. The Balaban J connectivity index is 2.18. The van der Waals surface area contributed by atoms with Crippen molar-refractivity contribution in [1.82, 2.24) is 4.47 Å². The number of hydrogen-bond donors (Lipinski definition) is 0. The maximum absolute atomic E-state index is 11.0. The summed E-state index contributed by atoms with van der Waals surface area (Å²) in [4.78, 5) is 4.91. The van der Waals surface area contributed by atoms with Crippen LogP contribution in [0.2, 0.25) is 0 Å². The van der Waals surface area contributed by atoms with Crippen LogP contribution in [0.4, 0.5) is 0 Å². The van der Waals surface area contributed by atoms with Gasteiger partial charge in [0.25, 0.3) is 0 Å². The van der Waals surface area contributed by atoms with Crippen molar-refractivity contribution in [2.24, 2.45) is 0 Å². The van der Waals surface area contributed by atoms with Crippen LogP contribution in [0.1, 0.15) is 11.8 Å². The molecule has 0 aliphatic carbocycles. The zero-order valence-corrected chi connectivity index (χ0v) is 7.86. The van der Waals surface area contributed by atoms with Crippen LogP contribution in [0.3, 0.4) is 0 Å². The second-order valence-electron chi connectivity index (χ2n) is 2.89. The summed E-state index contributed by atoms with van der Waals surface area (Å²) in [6, 6.07) is 9.22. The van der Waals surface area contributed by atoms with Crippen molar-refractivity contribution in [1.29, 1.82) is 0 Å². The maximum atomic E-state index is 11.0. The molecule has 0 amide bonds. The van der Waals surface area contributed by atoms with Crippen LogP contribution >= 0.6 is 0 Å². The minimum atomic E-state index is -3.22. The van der Waals surface area contributed by atoms with E-state index in [1.165, 1.54) is 0 Å². The van der Waals surface area contributed by atoms with Gasteiger partial charge in [-0.25, -0.2) is 8.42 Å². The summed E-state index contributed by atoms with van der Waals surface area (Å²) in [7, 11) is -3.22. The molecule has 0 bridgehead atoms. The highest BCUT2D eigenvalue weighted by Gasteiger charge is 2.45. The van der Waals surface area contributed by atoms with Crippen LogP contribution < -0.4 is 0 Å². The third kappa shape index (κ3) is 1.72. The second kappa shape index (κ2) is 2.80. The minimum absolute atomic E-state index is 0.420. The van der Waals surface area contributed by atoms with E-state index in [4.69, 9.17) is 4.84 Å². The topological polar surface area (TPSA) is 49.7 Å². The Labute approximate surface area is 76.7 Å². The van der Waals surface area contributed by atoms with E-state index in [0.717, 1.165) is 16.3 Å². The first-order valence-electron chi connectivity index (χ1n) is 3.80. The lowest BCUT2D eigenvalue weighted by atomic mass is 10.2. The van der Waals surface area contributed by atoms with Gasteiger partial charge in [-0.3, -0.25) is 4.84 Å². The summed E-state index contributed by atoms with van der Waals surface area (Å²) in [5.74, 6) is 0. The molecule has 1 heterocycles. The van der Waals surface area contributed by atoms with Gasteiger partial charge in [-0.15, -0.1) is 0 Å². The molecular weight excluding hydrogens is 190 g/mol. The molecule has 1 aliphatic heterocycles. The first-order valence-corrected chi connectivity index (χ1v) is 5.65. The number of rotatable bonds is 2. The molecule has 1 fully saturated rings. The highest BCUT2D eigenvalue weighted by molar-refractivity contribution is 7.88. The van der Waals surface area contributed by atoms with E-state index in [9.17, 15) is 8.42 Å². The summed E-state index contributed by atoms with van der Waals surface area (Å²) in [5.41, 5.74) is 0.855. The summed E-state index contributed by atoms with van der Waals surface area (Å²) in [5, 5.41) is 0. The number of hydroxylamine groups is 1. The van der Waals surface area contributed by atoms with Crippen LogP contribution in [0, 0.1) is 0 Å². The Kier molecular flexibility index (Phi) is 1.87. The fourth-order valence-corrected chi connectivity index (χ4v) is 1.83. The molecule has 1 aliphatic rings. The third-order valence-corrected chi connectivity index (χ3v) is 2.69. The van der Waals surface area contributed by atoms with E-state index in [0.29, 0.717) is 0 Å². The van der Waals surface area contributed by atoms with E-state index < -0.39 is 16.3 Å². The Morgan fingerprint density at radius 2 is 1.92 bits per heavy atom. The van der Waals surface area contributed by atoms with Gasteiger partial charge in [0, 0.05) is 5.56 Å². The lowest BCUT2D eigenvalue weighted by molar-refractivity contribution is 0.284. The van der Waals surface area contributed by atoms with E-state index in [1.807, 2.05) is 30.3 Å². The molecule has 4 nitrogen and oxygen atoms in total. The van der Waals surface area contributed by atoms with Gasteiger partial charge in [-0.1, -0.05) is 30.3 Å². The van der Waals surface area contributed by atoms with E-state index in [1.54, 1.807) is 0 Å². The van der Waals surface area contributed by atoms with Gasteiger partial charge in [-0.2, -0.15) is 0 Å². The van der Waals surface area contributed by atoms with Crippen LogP contribution in [0.15, 0.2) is 30.3 Å². The van der Waals surface area contributed by atoms with Crippen molar-refractivity contribution in [3.63, 3.8) is 0 Å². The fourth-order valence-electron chi connectivity index (χ4n) is 1.12. The number of nitrogens with zero attached hydrogens (tertiary/aromatic N) is 1. The van der Waals surface area contributed by atoms with E-state index >= 15 is 0 Å². The molecule has 1 aromatic carbocycles. The standard InChI is InChI=1S/C8H9NO3S/c1-13(10,11)9-8(12-9)7-5-3-2-4-6-7/h2-6,8H,1H3. The maximum Gasteiger partial charge on any atom is 0.236 e. The van der Waals surface area contributed by atoms with Gasteiger partial charge in [0.1, 0.15) is 0 Å². The monoisotopic (exact) mass is 199 g/mol. The zero-order valence-electron chi connectivity index (χ0n) is 7.04. The molecule has 70 valence electrons. The number of sulfonamides is 1. The van der Waals surface area contributed by atoms with Crippen LogP contribution in [0.25, 0.3) is 0 Å². The Morgan fingerprint density at radius 3 is 2.38 bits per heavy atom. The predicted molar refractivity (Wildman–Crippen MR) is 47.0 cm³/mol. The summed E-state index contributed by atoms with van der Waals surface area (Å²) in [6.45, 7) is 0. The molecule has 0 aromatic heterocycles. The highest BCUT2D eigenvalue weighted by Crippen LogP contribution is 2.38. The van der Waals surface area contributed by atoms with Crippen LogP contribution in [0.5, 0.6) is 0 Å². The largest absolute Gasteiger partial charge is 0.254 e. The van der Waals surface area contributed by atoms with Gasteiger partial charge < -0.3 is 0 Å². The number of hydrogen-bond acceptors (Lipinski definition) is 3. The molecule has 13 heavy (non-hydrogen) atoms. The van der Waals surface area contributed by atoms with Gasteiger partial charge in [0.15, 0.2) is 6.23 Å². The van der Waals surface area contributed by atoms with Crippen molar-refractivity contribution in [3.8, 4) is 0 Å². The first-order chi connectivity index (χ1) is 6.09. The predicted octanol–water partition coefficient (Wildman–Crippen LogP) is 0.892. The SMILES string of the molecule is CS(=O)(=O)N1OC1c1ccccc1. The van der Waals surface area contributed by atoms with Gasteiger partial charge in [0.2, 0.25) is 10.0 Å². The normalized spacial score (nSPS) is 27.2. The molecule has 5 heteroatoms. The summed E-state index contributed by atoms with van der Waals surface area (Å²) < 4.78 is 22.9.